The van der Waals surface area contributed by atoms with Gasteiger partial charge >= 0.3 is 0 Å². The highest BCUT2D eigenvalue weighted by atomic mass is 16.4. The van der Waals surface area contributed by atoms with Crippen molar-refractivity contribution in [1.82, 2.24) is 0 Å². The molecule has 0 aliphatic heterocycles. The van der Waals surface area contributed by atoms with E-state index in [4.69, 9.17) is 15.0 Å². The number of carbonyl (C=O) groups is 4. The Morgan fingerprint density at radius 3 is 1.17 bits per heavy atom. The number of hydrogen-bond donors (Lipinski definition) is 1. The number of hydrogen-bond acceptors (Lipinski definition) is 9. The van der Waals surface area contributed by atoms with Gasteiger partial charge in [-0.25, -0.2) is 0 Å². The molecule has 0 radical (unpaired) electrons. The van der Waals surface area contributed by atoms with Gasteiger partial charge in [-0.05, 0) is 26.7 Å². The van der Waals surface area contributed by atoms with Gasteiger partial charge in [0.05, 0.1) is 12.1 Å². The molecule has 0 aromatic carbocycles. The van der Waals surface area contributed by atoms with Crippen LogP contribution in [-0.2, 0) is 19.2 Å². The van der Waals surface area contributed by atoms with Gasteiger partial charge in [0, 0.05) is 17.9 Å². The molecule has 0 rings (SSSR count). The number of carboxylic acids is 4. The molecule has 0 spiro atoms. The molecule has 0 amide bonds. The van der Waals surface area contributed by atoms with Crippen LogP contribution >= 0.6 is 0 Å². The summed E-state index contributed by atoms with van der Waals surface area (Å²) < 4.78 is 0. The molecule has 0 saturated heterocycles. The van der Waals surface area contributed by atoms with E-state index in [-0.39, 0.29) is 0 Å². The van der Waals surface area contributed by atoms with Crippen molar-refractivity contribution in [1.29, 1.82) is 0 Å². The Kier molecular flexibility index (Phi) is 15.2. The number of carbonyl (C=O) groups excluding carboxylic acids is 4. The molecule has 9 heteroatoms. The molecule has 1 N–H and O–H groups in total. The number of rotatable bonds is 4. The molecule has 0 aliphatic rings. The van der Waals surface area contributed by atoms with Crippen molar-refractivity contribution in [2.24, 2.45) is 0 Å². The zero-order chi connectivity index (χ0) is 15.3. The summed E-state index contributed by atoms with van der Waals surface area (Å²) >= 11 is 0. The van der Waals surface area contributed by atoms with Gasteiger partial charge in [0.25, 0.3) is 0 Å². The Hall–Kier alpha value is -2.16. The smallest absolute Gasteiger partial charge is 0.0905 e. The second-order valence-electron chi connectivity index (χ2n) is 2.73. The molecule has 0 aromatic rings. The van der Waals surface area contributed by atoms with Crippen molar-refractivity contribution < 1.29 is 44.7 Å². The van der Waals surface area contributed by atoms with Crippen molar-refractivity contribution >= 4 is 23.9 Å². The third-order valence-electron chi connectivity index (χ3n) is 0.874. The van der Waals surface area contributed by atoms with Crippen molar-refractivity contribution in [3.05, 3.63) is 0 Å². The maximum Gasteiger partial charge on any atom is 0.0905 e. The first-order valence-corrected chi connectivity index (χ1v) is 4.46. The molecule has 1 unspecified atom stereocenters. The summed E-state index contributed by atoms with van der Waals surface area (Å²) in [5.41, 5.74) is 0. The van der Waals surface area contributed by atoms with Crippen molar-refractivity contribution in [2.45, 2.75) is 32.8 Å². The van der Waals surface area contributed by atoms with Crippen LogP contribution in [0.1, 0.15) is 26.7 Å². The fourth-order valence-electron chi connectivity index (χ4n) is 0.204. The molecule has 0 bridgehead atoms. The van der Waals surface area contributed by atoms with E-state index < -0.39 is 42.8 Å². The fourth-order valence-corrected chi connectivity index (χ4v) is 0.204. The first kappa shape index (κ1) is 21.2. The van der Waals surface area contributed by atoms with Gasteiger partial charge in [-0.15, -0.1) is 0 Å². The van der Waals surface area contributed by atoms with Crippen molar-refractivity contribution in [2.75, 3.05) is 0 Å². The minimum Gasteiger partial charge on any atom is -0.550 e. The Morgan fingerprint density at radius 1 is 0.944 bits per heavy atom. The number of carboxylic acid groups (broad SMARTS) is 4. The third-order valence-corrected chi connectivity index (χ3v) is 0.874. The minimum absolute atomic E-state index is 0.470. The Labute approximate surface area is 102 Å². The van der Waals surface area contributed by atoms with Crippen LogP contribution in [0.5, 0.6) is 0 Å². The fraction of sp³-hybridized carbons (Fsp3) is 0.556. The number of aliphatic hydroxyl groups excluding tert-OH is 1. The van der Waals surface area contributed by atoms with Crippen LogP contribution in [0.3, 0.4) is 0 Å². The Balaban J connectivity index is -0.000000200. The van der Waals surface area contributed by atoms with E-state index in [1.54, 1.807) is 0 Å². The van der Waals surface area contributed by atoms with Crippen molar-refractivity contribution in [3.63, 3.8) is 0 Å². The second kappa shape index (κ2) is 12.9. The first-order chi connectivity index (χ1) is 8.00. The normalized spacial score (nSPS) is 9.72. The lowest BCUT2D eigenvalue weighted by molar-refractivity contribution is -0.315. The molecule has 18 heavy (non-hydrogen) atoms. The average Bonchev–Trinajstić information content (AvgIpc) is 2.14. The summed E-state index contributed by atoms with van der Waals surface area (Å²) in [7, 11) is 0. The molecular weight excluding hydrogens is 252 g/mol. The summed E-state index contributed by atoms with van der Waals surface area (Å²) in [6.07, 6.45) is -2.28. The lowest BCUT2D eigenvalue weighted by Gasteiger charge is -2.00. The lowest BCUT2D eigenvalue weighted by Crippen LogP contribution is -2.32. The van der Waals surface area contributed by atoms with Gasteiger partial charge in [0.15, 0.2) is 0 Å². The van der Waals surface area contributed by atoms with E-state index in [0.29, 0.717) is 0 Å². The highest BCUT2D eigenvalue weighted by Gasteiger charge is 1.89. The SMILES string of the molecule is CC(=O)[O-].CC(O)C(=O)[O-].O=C([O-])CCC(=O)[O-]. The topological polar surface area (TPSA) is 181 Å². The van der Waals surface area contributed by atoms with Crippen LogP contribution in [0.15, 0.2) is 0 Å². The number of aliphatic hydroxyl groups is 1. The highest BCUT2D eigenvalue weighted by molar-refractivity contribution is 5.72. The lowest BCUT2D eigenvalue weighted by atomic mass is 10.3. The Bertz CT molecular complexity index is 264. The quantitative estimate of drug-likeness (QED) is 0.516. The van der Waals surface area contributed by atoms with E-state index in [1.165, 1.54) is 0 Å². The summed E-state index contributed by atoms with van der Waals surface area (Å²) in [6, 6.07) is 0. The predicted octanol–water partition coefficient (Wildman–Crippen LogP) is -5.86. The molecule has 0 aromatic heterocycles. The summed E-state index contributed by atoms with van der Waals surface area (Å²) in [5.74, 6) is -5.25. The van der Waals surface area contributed by atoms with Gasteiger partial charge in [-0.2, -0.15) is 0 Å². The van der Waals surface area contributed by atoms with Crippen LogP contribution < -0.4 is 20.4 Å². The van der Waals surface area contributed by atoms with Crippen LogP contribution in [0.25, 0.3) is 0 Å². The van der Waals surface area contributed by atoms with Crippen LogP contribution in [0.2, 0.25) is 0 Å². The minimum atomic E-state index is -1.44. The molecule has 1 atom stereocenters. The summed E-state index contributed by atoms with van der Waals surface area (Å²) in [6.45, 7) is 2.11. The van der Waals surface area contributed by atoms with E-state index in [2.05, 4.69) is 0 Å². The Morgan fingerprint density at radius 2 is 1.11 bits per heavy atom. The van der Waals surface area contributed by atoms with Gasteiger partial charge < -0.3 is 44.7 Å². The molecular formula is C9H12O9-4. The van der Waals surface area contributed by atoms with E-state index in [1.807, 2.05) is 0 Å². The van der Waals surface area contributed by atoms with Gasteiger partial charge in [0.1, 0.15) is 0 Å². The maximum atomic E-state index is 9.50. The maximum absolute atomic E-state index is 9.50. The highest BCUT2D eigenvalue weighted by Crippen LogP contribution is 1.81. The monoisotopic (exact) mass is 264 g/mol. The molecule has 0 fully saturated rings. The molecule has 0 aliphatic carbocycles. The third kappa shape index (κ3) is 48.8. The zero-order valence-electron chi connectivity index (χ0n) is 9.70. The van der Waals surface area contributed by atoms with Gasteiger partial charge in [-0.1, -0.05) is 0 Å². The van der Waals surface area contributed by atoms with Gasteiger partial charge in [-0.3, -0.25) is 0 Å². The summed E-state index contributed by atoms with van der Waals surface area (Å²) in [5, 5.41) is 45.2. The zero-order valence-corrected chi connectivity index (χ0v) is 9.70. The van der Waals surface area contributed by atoms with Crippen LogP contribution in [-0.4, -0.2) is 35.1 Å². The van der Waals surface area contributed by atoms with E-state index in [9.17, 15) is 29.7 Å². The molecule has 106 valence electrons. The number of aliphatic carboxylic acids is 4. The van der Waals surface area contributed by atoms with Crippen molar-refractivity contribution in [3.8, 4) is 0 Å². The second-order valence-corrected chi connectivity index (χ2v) is 2.73. The van der Waals surface area contributed by atoms with Crippen LogP contribution in [0, 0.1) is 0 Å². The first-order valence-electron chi connectivity index (χ1n) is 4.46. The molecule has 9 nitrogen and oxygen atoms in total. The average molecular weight is 264 g/mol. The van der Waals surface area contributed by atoms with Crippen LogP contribution in [0.4, 0.5) is 0 Å². The molecule has 0 heterocycles. The molecule has 0 saturated carbocycles. The largest absolute Gasteiger partial charge is 0.550 e. The van der Waals surface area contributed by atoms with E-state index >= 15 is 0 Å². The standard InChI is InChI=1S/C4H6O4.C3H6O3.C2H4O2/c5-3(6)1-2-4(7)8;1-2(4)3(5)6;1-2(3)4/h1-2H2,(H,5,6)(H,7,8);2,4H,1H3,(H,5,6);1H3,(H,3,4)/p-4. The van der Waals surface area contributed by atoms with E-state index in [0.717, 1.165) is 13.8 Å². The van der Waals surface area contributed by atoms with Gasteiger partial charge in [0.2, 0.25) is 0 Å². The predicted molar refractivity (Wildman–Crippen MR) is 46.6 cm³/mol. The summed E-state index contributed by atoms with van der Waals surface area (Å²) in [4.78, 5) is 37.2.